The smallest absolute Gasteiger partial charge is 0.310 e. The Morgan fingerprint density at radius 1 is 1.18 bits per heavy atom. The van der Waals surface area contributed by atoms with Crippen LogP contribution in [0.3, 0.4) is 0 Å². The molecule has 0 aliphatic carbocycles. The second-order valence-electron chi connectivity index (χ2n) is 6.76. The van der Waals surface area contributed by atoms with Crippen molar-refractivity contribution in [1.82, 2.24) is 14.6 Å². The maximum Gasteiger partial charge on any atom is 0.310 e. The molecule has 158 valence electrons. The Morgan fingerprint density at radius 3 is 2.32 bits per heavy atom. The highest BCUT2D eigenvalue weighted by Gasteiger charge is 2.65. The van der Waals surface area contributed by atoms with E-state index in [2.05, 4.69) is 5.43 Å². The van der Waals surface area contributed by atoms with Gasteiger partial charge in [0.15, 0.2) is 0 Å². The predicted molar refractivity (Wildman–Crippen MR) is 98.5 cm³/mol. The van der Waals surface area contributed by atoms with Gasteiger partial charge >= 0.3 is 10.2 Å². The molecule has 3 rings (SSSR count). The van der Waals surface area contributed by atoms with Crippen molar-refractivity contribution in [3.63, 3.8) is 0 Å². The van der Waals surface area contributed by atoms with E-state index in [0.717, 1.165) is 30.9 Å². The van der Waals surface area contributed by atoms with Gasteiger partial charge in [-0.15, -0.1) is 0 Å². The number of hydrogen-bond acceptors (Lipinski definition) is 6. The minimum absolute atomic E-state index is 0.0495. The summed E-state index contributed by atoms with van der Waals surface area (Å²) in [6.07, 6.45) is 2.65. The summed E-state index contributed by atoms with van der Waals surface area (Å²) in [5, 5.41) is 0. The first-order valence-corrected chi connectivity index (χ1v) is 11.0. The van der Waals surface area contributed by atoms with E-state index in [-0.39, 0.29) is 28.6 Å². The molecule has 2 unspecified atom stereocenters. The minimum Gasteiger partial charge on any atom is -0.393 e. The number of benzene rings is 1. The molecular formula is C15H20F5N5OS2. The van der Waals surface area contributed by atoms with E-state index in [1.807, 2.05) is 4.31 Å². The van der Waals surface area contributed by atoms with E-state index in [4.69, 9.17) is 11.6 Å². The van der Waals surface area contributed by atoms with E-state index in [0.29, 0.717) is 25.2 Å². The number of hydrogen-bond donors (Lipinski definition) is 3. The van der Waals surface area contributed by atoms with Gasteiger partial charge in [0.1, 0.15) is 10.6 Å². The van der Waals surface area contributed by atoms with Gasteiger partial charge in [0.05, 0.1) is 0 Å². The first-order chi connectivity index (χ1) is 12.8. The van der Waals surface area contributed by atoms with Crippen LogP contribution in [0.4, 0.5) is 19.4 Å². The Morgan fingerprint density at radius 2 is 1.79 bits per heavy atom. The molecule has 2 saturated heterocycles. The maximum absolute atomic E-state index is 13.1. The third kappa shape index (κ3) is 4.47. The Bertz CT molecular complexity index is 805. The van der Waals surface area contributed by atoms with Gasteiger partial charge in [0, 0.05) is 36.3 Å². The summed E-state index contributed by atoms with van der Waals surface area (Å²) in [6, 6.07) is 2.98. The van der Waals surface area contributed by atoms with Crippen molar-refractivity contribution in [1.29, 1.82) is 0 Å². The van der Waals surface area contributed by atoms with Crippen molar-refractivity contribution in [3.8, 4) is 0 Å². The molecule has 28 heavy (non-hydrogen) atoms. The standard InChI is InChI=1S/C15H20F5N5OS2/c16-28(17,18,19,20)13-3-1-2-12(6-13)27-25-10-4-5-11(25)9-24(8-10)15(26)14(21)7-23-22/h1-3,6-7,10-11,23H,4-5,8-9,21-22H2/b14-7-. The van der Waals surface area contributed by atoms with Crippen LogP contribution in [0.2, 0.25) is 0 Å². The largest absolute Gasteiger partial charge is 0.393 e. The molecule has 6 nitrogen and oxygen atoms in total. The van der Waals surface area contributed by atoms with Gasteiger partial charge in [0.25, 0.3) is 5.91 Å². The van der Waals surface area contributed by atoms with Crippen LogP contribution in [0.25, 0.3) is 0 Å². The summed E-state index contributed by atoms with van der Waals surface area (Å²) in [4.78, 5) is 12.0. The number of amides is 1. The first kappa shape index (κ1) is 21.0. The fraction of sp³-hybridized carbons (Fsp3) is 0.400. The summed E-state index contributed by atoms with van der Waals surface area (Å²) in [5.41, 5.74) is 7.79. The van der Waals surface area contributed by atoms with Crippen molar-refractivity contribution in [2.45, 2.75) is 34.7 Å². The molecule has 1 aromatic rings. The number of hydrazine groups is 1. The van der Waals surface area contributed by atoms with Crippen LogP contribution in [0.15, 0.2) is 46.0 Å². The fourth-order valence-electron chi connectivity index (χ4n) is 3.41. The summed E-state index contributed by atoms with van der Waals surface area (Å²) in [7, 11) is -9.73. The lowest BCUT2D eigenvalue weighted by Gasteiger charge is -2.41. The van der Waals surface area contributed by atoms with Gasteiger partial charge in [-0.25, -0.2) is 4.31 Å². The summed E-state index contributed by atoms with van der Waals surface area (Å²) < 4.78 is 67.1. The average Bonchev–Trinajstić information content (AvgIpc) is 2.81. The highest BCUT2D eigenvalue weighted by Crippen LogP contribution is 3.02. The number of nitrogens with one attached hydrogen (secondary N) is 1. The number of piperazine rings is 1. The van der Waals surface area contributed by atoms with Crippen LogP contribution in [0, 0.1) is 0 Å². The molecule has 0 aromatic heterocycles. The molecule has 0 spiro atoms. The summed E-state index contributed by atoms with van der Waals surface area (Å²) in [5.74, 6) is 4.73. The monoisotopic (exact) mass is 445 g/mol. The molecular weight excluding hydrogens is 425 g/mol. The zero-order valence-corrected chi connectivity index (χ0v) is 16.2. The molecule has 13 heteroatoms. The van der Waals surface area contributed by atoms with Crippen LogP contribution >= 0.6 is 22.2 Å². The molecule has 2 heterocycles. The number of carbonyl (C=O) groups excluding carboxylic acids is 1. The van der Waals surface area contributed by atoms with Crippen molar-refractivity contribution >= 4 is 28.1 Å². The summed E-state index contributed by atoms with van der Waals surface area (Å²) >= 11 is 1.01. The lowest BCUT2D eigenvalue weighted by atomic mass is 10.2. The van der Waals surface area contributed by atoms with Crippen molar-refractivity contribution in [2.24, 2.45) is 11.6 Å². The van der Waals surface area contributed by atoms with Gasteiger partial charge < -0.3 is 16.1 Å². The van der Waals surface area contributed by atoms with E-state index in [9.17, 15) is 24.2 Å². The summed E-state index contributed by atoms with van der Waals surface area (Å²) in [6.45, 7) is 0.672. The van der Waals surface area contributed by atoms with Crippen molar-refractivity contribution in [3.05, 3.63) is 36.2 Å². The Kier molecular flexibility index (Phi) is 4.81. The second kappa shape index (κ2) is 6.40. The highest BCUT2D eigenvalue weighted by molar-refractivity contribution is 8.45. The Hall–Kier alpha value is -1.70. The third-order valence-electron chi connectivity index (χ3n) is 4.65. The molecule has 2 aliphatic rings. The van der Waals surface area contributed by atoms with Crippen LogP contribution in [0.5, 0.6) is 0 Å². The number of nitrogens with two attached hydrogens (primary N) is 2. The molecule has 1 aromatic carbocycles. The lowest BCUT2D eigenvalue weighted by molar-refractivity contribution is -0.129. The van der Waals surface area contributed by atoms with E-state index in [1.165, 1.54) is 12.3 Å². The maximum atomic E-state index is 13.1. The van der Waals surface area contributed by atoms with E-state index >= 15 is 0 Å². The molecule has 5 N–H and O–H groups in total. The Balaban J connectivity index is 1.75. The number of halogens is 5. The topological polar surface area (TPSA) is 87.6 Å². The minimum atomic E-state index is -9.73. The SMILES string of the molecule is NN/C=C(\N)C(=O)N1CC2CCC(C1)N2Sc1cccc(S(F)(F)(F)(F)F)c1. The fourth-order valence-corrected chi connectivity index (χ4v) is 5.37. The van der Waals surface area contributed by atoms with Crippen molar-refractivity contribution in [2.75, 3.05) is 13.1 Å². The van der Waals surface area contributed by atoms with Crippen molar-refractivity contribution < 1.29 is 24.2 Å². The number of likely N-dealkylation sites (tertiary alicyclic amines) is 1. The number of fused-ring (bicyclic) bond motifs is 2. The van der Waals surface area contributed by atoms with Crippen LogP contribution in [0.1, 0.15) is 12.8 Å². The average molecular weight is 445 g/mol. The first-order valence-electron chi connectivity index (χ1n) is 8.30. The Labute approximate surface area is 162 Å². The quantitative estimate of drug-likeness (QED) is 0.212. The molecule has 2 aliphatic heterocycles. The molecule has 2 bridgehead atoms. The van der Waals surface area contributed by atoms with Gasteiger partial charge in [-0.05, 0) is 43.0 Å². The van der Waals surface area contributed by atoms with Crippen LogP contribution < -0.4 is 17.0 Å². The van der Waals surface area contributed by atoms with Crippen LogP contribution in [-0.2, 0) is 4.79 Å². The predicted octanol–water partition coefficient (Wildman–Crippen LogP) is 3.29. The molecule has 2 atom stereocenters. The van der Waals surface area contributed by atoms with Gasteiger partial charge in [-0.2, -0.15) is 0 Å². The normalized spacial score (nSPS) is 25.9. The lowest BCUT2D eigenvalue weighted by Crippen LogP contribution is -2.53. The molecule has 1 amide bonds. The molecule has 0 saturated carbocycles. The van der Waals surface area contributed by atoms with E-state index in [1.54, 1.807) is 4.90 Å². The van der Waals surface area contributed by atoms with Gasteiger partial charge in [0.2, 0.25) is 0 Å². The number of rotatable bonds is 5. The molecule has 2 fully saturated rings. The number of carbonyl (C=O) groups is 1. The molecule has 0 radical (unpaired) electrons. The van der Waals surface area contributed by atoms with Gasteiger partial charge in [-0.3, -0.25) is 10.6 Å². The number of nitrogens with zero attached hydrogens (tertiary/aromatic N) is 2. The zero-order valence-electron chi connectivity index (χ0n) is 14.5. The zero-order chi connectivity index (χ0) is 20.8. The second-order valence-corrected chi connectivity index (χ2v) is 10.2. The van der Waals surface area contributed by atoms with E-state index < -0.39 is 15.1 Å². The van der Waals surface area contributed by atoms with Gasteiger partial charge in [-0.1, -0.05) is 25.5 Å². The third-order valence-corrected chi connectivity index (χ3v) is 7.07. The highest BCUT2D eigenvalue weighted by atomic mass is 32.5. The van der Waals surface area contributed by atoms with Crippen LogP contribution in [-0.4, -0.2) is 40.3 Å².